The van der Waals surface area contributed by atoms with Gasteiger partial charge >= 0.3 is 0 Å². The third-order valence-corrected chi connectivity index (χ3v) is 4.76. The summed E-state index contributed by atoms with van der Waals surface area (Å²) in [6, 6.07) is 5.59. The van der Waals surface area contributed by atoms with Gasteiger partial charge < -0.3 is 10.6 Å². The van der Waals surface area contributed by atoms with Crippen molar-refractivity contribution in [2.75, 3.05) is 13.1 Å². The summed E-state index contributed by atoms with van der Waals surface area (Å²) in [4.78, 5) is 14.4. The number of rotatable bonds is 2. The molecule has 3 nitrogen and oxygen atoms in total. The van der Waals surface area contributed by atoms with Crippen LogP contribution in [0.2, 0.25) is 5.02 Å². The van der Waals surface area contributed by atoms with Gasteiger partial charge in [-0.05, 0) is 55.4 Å². The van der Waals surface area contributed by atoms with Crippen molar-refractivity contribution in [1.82, 2.24) is 4.90 Å². The van der Waals surface area contributed by atoms with Crippen LogP contribution in [-0.2, 0) is 0 Å². The number of benzene rings is 1. The van der Waals surface area contributed by atoms with Crippen LogP contribution in [0.3, 0.4) is 0 Å². The topological polar surface area (TPSA) is 46.3 Å². The van der Waals surface area contributed by atoms with Crippen LogP contribution in [0.25, 0.3) is 0 Å². The predicted molar refractivity (Wildman–Crippen MR) is 76.3 cm³/mol. The number of nitrogens with zero attached hydrogens (tertiary/aromatic N) is 1. The van der Waals surface area contributed by atoms with Crippen LogP contribution in [0, 0.1) is 18.8 Å². The lowest BCUT2D eigenvalue weighted by Crippen LogP contribution is -2.32. The van der Waals surface area contributed by atoms with Crippen molar-refractivity contribution in [3.8, 4) is 0 Å². The van der Waals surface area contributed by atoms with Crippen LogP contribution >= 0.6 is 11.6 Å². The standard InChI is InChI=1S/C15H19ClN2O/c1-9-6-11(4-5-13(9)16)15(19)18-7-12(10-2-3-10)14(17)8-18/h4-6,10,12,14H,2-3,7-8,17H2,1H3/t12-,14+/m1/s1. The minimum Gasteiger partial charge on any atom is -0.337 e. The molecule has 1 aromatic carbocycles. The summed E-state index contributed by atoms with van der Waals surface area (Å²) in [5, 5.41) is 0.700. The normalized spacial score (nSPS) is 26.8. The van der Waals surface area contributed by atoms with E-state index in [1.807, 2.05) is 17.9 Å². The van der Waals surface area contributed by atoms with E-state index in [0.717, 1.165) is 18.0 Å². The number of aryl methyl sites for hydroxylation is 1. The molecule has 0 radical (unpaired) electrons. The van der Waals surface area contributed by atoms with Crippen LogP contribution < -0.4 is 5.73 Å². The first-order valence-electron chi connectivity index (χ1n) is 6.87. The van der Waals surface area contributed by atoms with E-state index in [-0.39, 0.29) is 11.9 Å². The average Bonchev–Trinajstić information content (AvgIpc) is 3.15. The van der Waals surface area contributed by atoms with Crippen LogP contribution in [0.1, 0.15) is 28.8 Å². The van der Waals surface area contributed by atoms with E-state index >= 15 is 0 Å². The summed E-state index contributed by atoms with van der Waals surface area (Å²) >= 11 is 6.00. The van der Waals surface area contributed by atoms with Gasteiger partial charge in [0.1, 0.15) is 0 Å². The molecular weight excluding hydrogens is 260 g/mol. The Bertz CT molecular complexity index is 513. The van der Waals surface area contributed by atoms with Gasteiger partial charge in [0.25, 0.3) is 5.91 Å². The minimum atomic E-state index is 0.0818. The highest BCUT2D eigenvalue weighted by molar-refractivity contribution is 6.31. The lowest BCUT2D eigenvalue weighted by Gasteiger charge is -2.16. The maximum atomic E-state index is 12.5. The number of carbonyl (C=O) groups excluding carboxylic acids is 1. The van der Waals surface area contributed by atoms with Crippen LogP contribution in [0.15, 0.2) is 18.2 Å². The molecule has 1 heterocycles. The molecule has 1 saturated heterocycles. The van der Waals surface area contributed by atoms with Gasteiger partial charge in [-0.2, -0.15) is 0 Å². The average molecular weight is 279 g/mol. The lowest BCUT2D eigenvalue weighted by atomic mass is 9.99. The summed E-state index contributed by atoms with van der Waals surface area (Å²) < 4.78 is 0. The number of hydrogen-bond donors (Lipinski definition) is 1. The fourth-order valence-electron chi connectivity index (χ4n) is 3.00. The van der Waals surface area contributed by atoms with Crippen LogP contribution in [0.4, 0.5) is 0 Å². The summed E-state index contributed by atoms with van der Waals surface area (Å²) in [5.41, 5.74) is 7.82. The first kappa shape index (κ1) is 12.9. The molecule has 0 unspecified atom stereocenters. The zero-order valence-corrected chi connectivity index (χ0v) is 11.9. The molecule has 1 aliphatic carbocycles. The van der Waals surface area contributed by atoms with E-state index in [4.69, 9.17) is 17.3 Å². The van der Waals surface area contributed by atoms with Crippen molar-refractivity contribution in [2.45, 2.75) is 25.8 Å². The highest BCUT2D eigenvalue weighted by Crippen LogP contribution is 2.41. The number of amides is 1. The smallest absolute Gasteiger partial charge is 0.253 e. The molecule has 1 aromatic rings. The van der Waals surface area contributed by atoms with E-state index in [2.05, 4.69) is 0 Å². The van der Waals surface area contributed by atoms with E-state index in [0.29, 0.717) is 23.0 Å². The summed E-state index contributed by atoms with van der Waals surface area (Å²) in [6.07, 6.45) is 2.56. The van der Waals surface area contributed by atoms with Crippen LogP contribution in [-0.4, -0.2) is 29.9 Å². The van der Waals surface area contributed by atoms with E-state index in [1.54, 1.807) is 12.1 Å². The van der Waals surface area contributed by atoms with E-state index in [9.17, 15) is 4.79 Å². The van der Waals surface area contributed by atoms with Gasteiger partial charge in [-0.3, -0.25) is 4.79 Å². The molecular formula is C15H19ClN2O. The molecule has 102 valence electrons. The molecule has 0 spiro atoms. The SMILES string of the molecule is Cc1cc(C(=O)N2C[C@H](C3CC3)[C@@H](N)C2)ccc1Cl. The minimum absolute atomic E-state index is 0.0818. The Labute approximate surface area is 118 Å². The quantitative estimate of drug-likeness (QED) is 0.903. The lowest BCUT2D eigenvalue weighted by molar-refractivity contribution is 0.0784. The fourth-order valence-corrected chi connectivity index (χ4v) is 3.12. The zero-order chi connectivity index (χ0) is 13.6. The van der Waals surface area contributed by atoms with Gasteiger partial charge in [-0.25, -0.2) is 0 Å². The van der Waals surface area contributed by atoms with Crippen molar-refractivity contribution < 1.29 is 4.79 Å². The monoisotopic (exact) mass is 278 g/mol. The van der Waals surface area contributed by atoms with Gasteiger partial charge in [0, 0.05) is 29.7 Å². The number of nitrogens with two attached hydrogens (primary N) is 1. The fraction of sp³-hybridized carbons (Fsp3) is 0.533. The molecule has 2 fully saturated rings. The third kappa shape index (κ3) is 2.49. The Morgan fingerprint density at radius 1 is 1.37 bits per heavy atom. The van der Waals surface area contributed by atoms with Crippen molar-refractivity contribution in [3.05, 3.63) is 34.3 Å². The van der Waals surface area contributed by atoms with Crippen LogP contribution in [0.5, 0.6) is 0 Å². The van der Waals surface area contributed by atoms with E-state index < -0.39 is 0 Å². The molecule has 2 atom stereocenters. The van der Waals surface area contributed by atoms with Gasteiger partial charge in [0.05, 0.1) is 0 Å². The molecule has 19 heavy (non-hydrogen) atoms. The van der Waals surface area contributed by atoms with Gasteiger partial charge in [0.15, 0.2) is 0 Å². The number of likely N-dealkylation sites (tertiary alicyclic amines) is 1. The third-order valence-electron chi connectivity index (χ3n) is 4.33. The second kappa shape index (κ2) is 4.80. The first-order valence-corrected chi connectivity index (χ1v) is 7.25. The molecule has 4 heteroatoms. The highest BCUT2D eigenvalue weighted by atomic mass is 35.5. The summed E-state index contributed by atoms with van der Waals surface area (Å²) in [6.45, 7) is 3.41. The summed E-state index contributed by atoms with van der Waals surface area (Å²) in [5.74, 6) is 1.33. The second-order valence-corrected chi connectivity index (χ2v) is 6.25. The first-order chi connectivity index (χ1) is 9.06. The van der Waals surface area contributed by atoms with Gasteiger partial charge in [-0.1, -0.05) is 11.6 Å². The number of carbonyl (C=O) groups is 1. The van der Waals surface area contributed by atoms with Crippen molar-refractivity contribution >= 4 is 17.5 Å². The van der Waals surface area contributed by atoms with Crippen molar-refractivity contribution in [1.29, 1.82) is 0 Å². The Hall–Kier alpha value is -1.06. The summed E-state index contributed by atoms with van der Waals surface area (Å²) in [7, 11) is 0. The number of hydrogen-bond acceptors (Lipinski definition) is 2. The van der Waals surface area contributed by atoms with Crippen molar-refractivity contribution in [3.63, 3.8) is 0 Å². The second-order valence-electron chi connectivity index (χ2n) is 5.84. The Morgan fingerprint density at radius 3 is 2.74 bits per heavy atom. The Kier molecular flexibility index (Phi) is 3.27. The largest absolute Gasteiger partial charge is 0.337 e. The molecule has 0 aromatic heterocycles. The molecule has 2 aliphatic rings. The Morgan fingerprint density at radius 2 is 2.11 bits per heavy atom. The molecule has 1 amide bonds. The van der Waals surface area contributed by atoms with Crippen molar-refractivity contribution in [2.24, 2.45) is 17.6 Å². The molecule has 2 N–H and O–H groups in total. The maximum Gasteiger partial charge on any atom is 0.253 e. The molecule has 1 saturated carbocycles. The predicted octanol–water partition coefficient (Wildman–Crippen LogP) is 2.46. The zero-order valence-electron chi connectivity index (χ0n) is 11.1. The number of halogens is 1. The molecule has 0 bridgehead atoms. The molecule has 1 aliphatic heterocycles. The van der Waals surface area contributed by atoms with E-state index in [1.165, 1.54) is 12.8 Å². The molecule has 3 rings (SSSR count). The Balaban J connectivity index is 1.75. The maximum absolute atomic E-state index is 12.5. The van der Waals surface area contributed by atoms with Gasteiger partial charge in [0.2, 0.25) is 0 Å². The highest BCUT2D eigenvalue weighted by Gasteiger charge is 2.42. The van der Waals surface area contributed by atoms with Gasteiger partial charge in [-0.15, -0.1) is 0 Å².